The van der Waals surface area contributed by atoms with Gasteiger partial charge in [0.2, 0.25) is 0 Å². The Bertz CT molecular complexity index is 1170. The van der Waals surface area contributed by atoms with Crippen LogP contribution < -0.4 is 15.4 Å². The molecule has 2 N–H and O–H groups in total. The number of nitrogens with zero attached hydrogens (tertiary/aromatic N) is 3. The number of non-ortho nitro benzene ring substituents is 1. The fourth-order valence-corrected chi connectivity index (χ4v) is 3.54. The van der Waals surface area contributed by atoms with Gasteiger partial charge in [0.25, 0.3) is 5.69 Å². The Morgan fingerprint density at radius 3 is 2.58 bits per heavy atom. The van der Waals surface area contributed by atoms with Gasteiger partial charge < -0.3 is 15.4 Å². The van der Waals surface area contributed by atoms with Gasteiger partial charge in [0.15, 0.2) is 5.11 Å². The van der Waals surface area contributed by atoms with Gasteiger partial charge in [-0.05, 0) is 49.8 Å². The molecule has 0 spiro atoms. The molecule has 1 aromatic heterocycles. The lowest BCUT2D eigenvalue weighted by atomic mass is 10.2. The zero-order valence-electron chi connectivity index (χ0n) is 16.9. The van der Waals surface area contributed by atoms with Crippen molar-refractivity contribution in [1.29, 1.82) is 0 Å². The number of hydrogen-bond donors (Lipinski definition) is 2. The van der Waals surface area contributed by atoms with Crippen LogP contribution in [0.4, 0.5) is 17.1 Å². The first-order chi connectivity index (χ1) is 14.7. The number of nitro groups is 1. The summed E-state index contributed by atoms with van der Waals surface area (Å²) in [4.78, 5) is 10.5. The van der Waals surface area contributed by atoms with Gasteiger partial charge in [-0.25, -0.2) is 0 Å². The normalized spacial score (nSPS) is 10.6. The Labute approximate surface area is 194 Å². The summed E-state index contributed by atoms with van der Waals surface area (Å²) in [5.74, 6) is 0.308. The van der Waals surface area contributed by atoms with Gasteiger partial charge in [0, 0.05) is 6.07 Å². The molecule has 1 heterocycles. The van der Waals surface area contributed by atoms with Crippen LogP contribution >= 0.6 is 35.4 Å². The molecule has 11 heteroatoms. The van der Waals surface area contributed by atoms with Gasteiger partial charge in [0.05, 0.1) is 57.5 Å². The van der Waals surface area contributed by atoms with E-state index in [1.165, 1.54) is 19.2 Å². The molecule has 0 atom stereocenters. The van der Waals surface area contributed by atoms with E-state index in [4.69, 9.17) is 40.2 Å². The molecular formula is C20H19Cl2N5O3S. The fourth-order valence-electron chi connectivity index (χ4n) is 3.01. The van der Waals surface area contributed by atoms with Crippen LogP contribution in [0.25, 0.3) is 0 Å². The van der Waals surface area contributed by atoms with Crippen molar-refractivity contribution in [2.45, 2.75) is 20.4 Å². The minimum absolute atomic E-state index is 0.0726. The Hall–Kier alpha value is -2.88. The Morgan fingerprint density at radius 1 is 1.19 bits per heavy atom. The molecule has 0 aliphatic carbocycles. The molecule has 0 aliphatic heterocycles. The predicted octanol–water partition coefficient (Wildman–Crippen LogP) is 5.58. The summed E-state index contributed by atoms with van der Waals surface area (Å²) in [6.45, 7) is 4.31. The first-order valence-corrected chi connectivity index (χ1v) is 10.2. The molecule has 0 radical (unpaired) electrons. The fraction of sp³-hybridized carbons (Fsp3) is 0.200. The molecule has 3 rings (SSSR count). The number of aromatic nitrogens is 2. The topological polar surface area (TPSA) is 94.2 Å². The lowest BCUT2D eigenvalue weighted by molar-refractivity contribution is -0.384. The monoisotopic (exact) mass is 479 g/mol. The van der Waals surface area contributed by atoms with E-state index in [1.54, 1.807) is 18.2 Å². The first kappa shape index (κ1) is 22.8. The minimum Gasteiger partial charge on any atom is -0.494 e. The summed E-state index contributed by atoms with van der Waals surface area (Å²) in [6, 6.07) is 9.69. The van der Waals surface area contributed by atoms with Crippen LogP contribution in [0.3, 0.4) is 0 Å². The number of ether oxygens (including phenoxy) is 1. The lowest BCUT2D eigenvalue weighted by Crippen LogP contribution is -2.20. The molecule has 3 aromatic rings. The summed E-state index contributed by atoms with van der Waals surface area (Å²) >= 11 is 17.5. The van der Waals surface area contributed by atoms with Gasteiger partial charge in [-0.3, -0.25) is 14.8 Å². The zero-order valence-corrected chi connectivity index (χ0v) is 19.2. The largest absolute Gasteiger partial charge is 0.494 e. The number of thiocarbonyl (C=S) groups is 1. The number of halogens is 2. The third-order valence-corrected chi connectivity index (χ3v) is 5.52. The molecule has 2 aromatic carbocycles. The smallest absolute Gasteiger partial charge is 0.273 e. The summed E-state index contributed by atoms with van der Waals surface area (Å²) in [7, 11) is 1.43. The molecule has 31 heavy (non-hydrogen) atoms. The second-order valence-electron chi connectivity index (χ2n) is 6.67. The molecule has 0 aliphatic rings. The Kier molecular flexibility index (Phi) is 6.99. The maximum atomic E-state index is 11.0. The van der Waals surface area contributed by atoms with Gasteiger partial charge in [-0.15, -0.1) is 0 Å². The Morgan fingerprint density at radius 2 is 1.94 bits per heavy atom. The standard InChI is InChI=1S/C20H19Cl2N5O3S/c1-11-19(12(2)26(25-11)10-13-4-6-15(21)16(22)8-13)24-20(31)23-17-7-5-14(27(28)29)9-18(17)30-3/h4-9H,10H2,1-3H3,(H2,23,24,31). The highest BCUT2D eigenvalue weighted by atomic mass is 35.5. The predicted molar refractivity (Wildman–Crippen MR) is 127 cm³/mol. The van der Waals surface area contributed by atoms with Gasteiger partial charge >= 0.3 is 0 Å². The highest BCUT2D eigenvalue weighted by molar-refractivity contribution is 7.80. The van der Waals surface area contributed by atoms with Crippen LogP contribution in [-0.2, 0) is 6.54 Å². The number of nitrogens with one attached hydrogen (secondary N) is 2. The molecule has 0 fully saturated rings. The maximum absolute atomic E-state index is 11.0. The minimum atomic E-state index is -0.488. The molecule has 0 unspecified atom stereocenters. The molecule has 8 nitrogen and oxygen atoms in total. The zero-order chi connectivity index (χ0) is 22.7. The van der Waals surface area contributed by atoms with Crippen LogP contribution in [0.1, 0.15) is 17.0 Å². The van der Waals surface area contributed by atoms with E-state index in [-0.39, 0.29) is 5.69 Å². The maximum Gasteiger partial charge on any atom is 0.273 e. The van der Waals surface area contributed by atoms with Crippen molar-refractivity contribution in [1.82, 2.24) is 9.78 Å². The van der Waals surface area contributed by atoms with Crippen molar-refractivity contribution < 1.29 is 9.66 Å². The van der Waals surface area contributed by atoms with Crippen LogP contribution in [-0.4, -0.2) is 26.9 Å². The van der Waals surface area contributed by atoms with Crippen molar-refractivity contribution in [3.05, 3.63) is 73.5 Å². The van der Waals surface area contributed by atoms with E-state index in [1.807, 2.05) is 24.6 Å². The second kappa shape index (κ2) is 9.51. The quantitative estimate of drug-likeness (QED) is 0.270. The average Bonchev–Trinajstić information content (AvgIpc) is 2.98. The number of hydrogen-bond acceptors (Lipinski definition) is 5. The average molecular weight is 480 g/mol. The summed E-state index contributed by atoms with van der Waals surface area (Å²) in [5, 5.41) is 23.0. The van der Waals surface area contributed by atoms with Crippen molar-refractivity contribution in [3.63, 3.8) is 0 Å². The summed E-state index contributed by atoms with van der Waals surface area (Å²) in [6.07, 6.45) is 0. The number of anilines is 2. The third kappa shape index (κ3) is 5.25. The molecule has 0 saturated heterocycles. The number of benzene rings is 2. The molecule has 0 bridgehead atoms. The molecule has 162 valence electrons. The first-order valence-electron chi connectivity index (χ1n) is 9.08. The number of methoxy groups -OCH3 is 1. The second-order valence-corrected chi connectivity index (χ2v) is 7.90. The van der Waals surface area contributed by atoms with Gasteiger partial charge in [-0.2, -0.15) is 5.10 Å². The molecule has 0 amide bonds. The van der Waals surface area contributed by atoms with Crippen molar-refractivity contribution in [2.24, 2.45) is 0 Å². The van der Waals surface area contributed by atoms with E-state index in [0.29, 0.717) is 33.1 Å². The van der Waals surface area contributed by atoms with E-state index in [9.17, 15) is 10.1 Å². The highest BCUT2D eigenvalue weighted by Gasteiger charge is 2.16. The van der Waals surface area contributed by atoms with Gasteiger partial charge in [0.1, 0.15) is 5.75 Å². The van der Waals surface area contributed by atoms with E-state index >= 15 is 0 Å². The van der Waals surface area contributed by atoms with Crippen molar-refractivity contribution >= 4 is 57.6 Å². The Balaban J connectivity index is 1.76. The number of aryl methyl sites for hydroxylation is 1. The highest BCUT2D eigenvalue weighted by Crippen LogP contribution is 2.30. The molecule has 0 saturated carbocycles. The summed E-state index contributed by atoms with van der Waals surface area (Å²) < 4.78 is 7.07. The number of nitro benzene ring substituents is 1. The SMILES string of the molecule is COc1cc([N+](=O)[O-])ccc1NC(=S)Nc1c(C)nn(Cc2ccc(Cl)c(Cl)c2)c1C. The van der Waals surface area contributed by atoms with E-state index in [2.05, 4.69) is 15.7 Å². The van der Waals surface area contributed by atoms with Crippen LogP contribution in [0.15, 0.2) is 36.4 Å². The van der Waals surface area contributed by atoms with Crippen molar-refractivity contribution in [2.75, 3.05) is 17.7 Å². The van der Waals surface area contributed by atoms with E-state index in [0.717, 1.165) is 22.6 Å². The van der Waals surface area contributed by atoms with Crippen molar-refractivity contribution in [3.8, 4) is 5.75 Å². The third-order valence-electron chi connectivity index (χ3n) is 4.58. The number of rotatable bonds is 6. The van der Waals surface area contributed by atoms with Gasteiger partial charge in [-0.1, -0.05) is 29.3 Å². The van der Waals surface area contributed by atoms with Crippen LogP contribution in [0, 0.1) is 24.0 Å². The van der Waals surface area contributed by atoms with Crippen LogP contribution in [0.5, 0.6) is 5.75 Å². The van der Waals surface area contributed by atoms with Crippen LogP contribution in [0.2, 0.25) is 10.0 Å². The summed E-state index contributed by atoms with van der Waals surface area (Å²) in [5.41, 5.74) is 3.79. The molecular weight excluding hydrogens is 461 g/mol. The lowest BCUT2D eigenvalue weighted by Gasteiger charge is -2.14. The van der Waals surface area contributed by atoms with E-state index < -0.39 is 4.92 Å².